The van der Waals surface area contributed by atoms with Crippen LogP contribution in [0.15, 0.2) is 39.8 Å². The van der Waals surface area contributed by atoms with Crippen molar-refractivity contribution in [2.24, 2.45) is 0 Å². The SMILES string of the molecule is CCCCNC(=O)c1ccccc1-[n+]1cc(=O)o[nH]1. The molecule has 0 aliphatic rings. The maximum absolute atomic E-state index is 12.1. The maximum Gasteiger partial charge on any atom is 0.427 e. The topological polar surface area (TPSA) is 79.0 Å². The number of hydrogen-bond acceptors (Lipinski definition) is 3. The van der Waals surface area contributed by atoms with Crippen molar-refractivity contribution in [3.8, 4) is 5.69 Å². The molecule has 0 saturated heterocycles. The Labute approximate surface area is 110 Å². The van der Waals surface area contributed by atoms with Crippen LogP contribution in [0.4, 0.5) is 0 Å². The van der Waals surface area contributed by atoms with E-state index >= 15 is 0 Å². The van der Waals surface area contributed by atoms with Crippen LogP contribution >= 0.6 is 0 Å². The van der Waals surface area contributed by atoms with E-state index in [0.717, 1.165) is 12.8 Å². The van der Waals surface area contributed by atoms with Gasteiger partial charge in [-0.1, -0.05) is 25.5 Å². The molecular weight excluding hydrogens is 246 g/mol. The summed E-state index contributed by atoms with van der Waals surface area (Å²) < 4.78 is 5.99. The van der Waals surface area contributed by atoms with Gasteiger partial charge >= 0.3 is 5.63 Å². The van der Waals surface area contributed by atoms with Crippen LogP contribution in [0.1, 0.15) is 30.1 Å². The Morgan fingerprint density at radius 2 is 2.21 bits per heavy atom. The van der Waals surface area contributed by atoms with Gasteiger partial charge in [0, 0.05) is 12.6 Å². The lowest BCUT2D eigenvalue weighted by Gasteiger charge is -2.04. The molecule has 1 heterocycles. The van der Waals surface area contributed by atoms with Gasteiger partial charge in [0.25, 0.3) is 17.8 Å². The highest BCUT2D eigenvalue weighted by atomic mass is 16.5. The van der Waals surface area contributed by atoms with Gasteiger partial charge in [0.2, 0.25) is 0 Å². The molecule has 2 rings (SSSR count). The Balaban J connectivity index is 2.26. The van der Waals surface area contributed by atoms with Gasteiger partial charge in [0.05, 0.1) is 0 Å². The zero-order valence-electron chi connectivity index (χ0n) is 10.7. The first kappa shape index (κ1) is 13.1. The molecule has 0 aliphatic carbocycles. The first-order valence-corrected chi connectivity index (χ1v) is 6.20. The van der Waals surface area contributed by atoms with Gasteiger partial charge in [-0.25, -0.2) is 4.79 Å². The van der Waals surface area contributed by atoms with E-state index in [1.54, 1.807) is 24.3 Å². The standard InChI is InChI=1S/C13H15N3O3/c1-2-3-8-14-13(18)10-6-4-5-7-11(10)16-9-12(17)19-15-16/h4-7,9H,2-3,8H2,1H3,(H-,14,15,17,18)/p+1. The largest absolute Gasteiger partial charge is 0.427 e. The highest BCUT2D eigenvalue weighted by molar-refractivity contribution is 5.96. The average molecular weight is 262 g/mol. The monoisotopic (exact) mass is 262 g/mol. The molecule has 2 N–H and O–H groups in total. The molecular formula is C13H16N3O3+. The van der Waals surface area contributed by atoms with Crippen LogP contribution in [0, 0.1) is 0 Å². The molecule has 1 aromatic heterocycles. The molecule has 2 aromatic rings. The summed E-state index contributed by atoms with van der Waals surface area (Å²) >= 11 is 0. The summed E-state index contributed by atoms with van der Waals surface area (Å²) in [6.45, 7) is 2.70. The van der Waals surface area contributed by atoms with Crippen LogP contribution < -0.4 is 15.6 Å². The lowest BCUT2D eigenvalue weighted by Crippen LogP contribution is -2.36. The van der Waals surface area contributed by atoms with Crippen molar-refractivity contribution < 1.29 is 14.0 Å². The molecule has 0 radical (unpaired) electrons. The summed E-state index contributed by atoms with van der Waals surface area (Å²) in [5.41, 5.74) is 0.559. The molecule has 6 nitrogen and oxygen atoms in total. The number of nitrogens with one attached hydrogen (secondary N) is 2. The molecule has 0 bridgehead atoms. The Hall–Kier alpha value is -2.37. The number of benzene rings is 1. The van der Waals surface area contributed by atoms with Crippen molar-refractivity contribution in [3.05, 3.63) is 46.4 Å². The summed E-state index contributed by atoms with van der Waals surface area (Å²) in [5.74, 6) is -0.168. The fraction of sp³-hybridized carbons (Fsp3) is 0.308. The van der Waals surface area contributed by atoms with Crippen molar-refractivity contribution in [2.75, 3.05) is 6.54 Å². The van der Waals surface area contributed by atoms with Crippen molar-refractivity contribution in [1.82, 2.24) is 10.6 Å². The van der Waals surface area contributed by atoms with E-state index in [1.807, 2.05) is 0 Å². The number of unbranched alkanes of at least 4 members (excludes halogenated alkanes) is 1. The van der Waals surface area contributed by atoms with Gasteiger partial charge in [0.1, 0.15) is 5.56 Å². The zero-order valence-corrected chi connectivity index (χ0v) is 10.7. The third-order valence-electron chi connectivity index (χ3n) is 2.70. The number of carbonyl (C=O) groups is 1. The third kappa shape index (κ3) is 3.09. The summed E-state index contributed by atoms with van der Waals surface area (Å²) in [4.78, 5) is 23.1. The number of para-hydroxylation sites is 1. The van der Waals surface area contributed by atoms with Crippen molar-refractivity contribution in [3.63, 3.8) is 0 Å². The number of nitrogens with zero attached hydrogens (tertiary/aromatic N) is 1. The predicted octanol–water partition coefficient (Wildman–Crippen LogP) is 0.774. The number of aromatic amines is 1. The number of H-pyrrole nitrogens is 1. The highest BCUT2D eigenvalue weighted by Crippen LogP contribution is 2.07. The molecule has 0 unspecified atom stereocenters. The van der Waals surface area contributed by atoms with Crippen LogP contribution in [0.2, 0.25) is 0 Å². The maximum atomic E-state index is 12.1. The molecule has 0 aliphatic heterocycles. The first-order valence-electron chi connectivity index (χ1n) is 6.20. The second-order valence-corrected chi connectivity index (χ2v) is 4.14. The molecule has 0 fully saturated rings. The van der Waals surface area contributed by atoms with E-state index in [2.05, 4.69) is 22.0 Å². The van der Waals surface area contributed by atoms with Gasteiger partial charge < -0.3 is 5.32 Å². The van der Waals surface area contributed by atoms with Gasteiger partial charge in [-0.05, 0) is 22.4 Å². The molecule has 1 amide bonds. The number of aromatic nitrogens is 2. The molecule has 0 atom stereocenters. The predicted molar refractivity (Wildman–Crippen MR) is 68.1 cm³/mol. The third-order valence-corrected chi connectivity index (χ3v) is 2.70. The van der Waals surface area contributed by atoms with Gasteiger partial charge in [-0.2, -0.15) is 0 Å². The Bertz CT molecular complexity index is 615. The first-order chi connectivity index (χ1) is 9.22. The smallest absolute Gasteiger partial charge is 0.352 e. The molecule has 6 heteroatoms. The second-order valence-electron chi connectivity index (χ2n) is 4.14. The van der Waals surface area contributed by atoms with Gasteiger partial charge in [-0.3, -0.25) is 9.32 Å². The fourth-order valence-corrected chi connectivity index (χ4v) is 1.72. The van der Waals surface area contributed by atoms with E-state index in [1.165, 1.54) is 10.9 Å². The van der Waals surface area contributed by atoms with Crippen molar-refractivity contribution in [2.45, 2.75) is 19.8 Å². The Kier molecular flexibility index (Phi) is 4.12. The van der Waals surface area contributed by atoms with Crippen LogP contribution in [0.3, 0.4) is 0 Å². The summed E-state index contributed by atoms with van der Waals surface area (Å²) in [7, 11) is 0. The summed E-state index contributed by atoms with van der Waals surface area (Å²) in [6, 6.07) is 7.00. The summed E-state index contributed by atoms with van der Waals surface area (Å²) in [6.07, 6.45) is 3.20. The lowest BCUT2D eigenvalue weighted by molar-refractivity contribution is -0.670. The zero-order chi connectivity index (χ0) is 13.7. The van der Waals surface area contributed by atoms with Crippen LogP contribution in [0.25, 0.3) is 5.69 Å². The van der Waals surface area contributed by atoms with Crippen molar-refractivity contribution >= 4 is 5.91 Å². The van der Waals surface area contributed by atoms with E-state index in [4.69, 9.17) is 0 Å². The average Bonchev–Trinajstić information content (AvgIpc) is 2.85. The number of rotatable bonds is 5. The molecule has 100 valence electrons. The quantitative estimate of drug-likeness (QED) is 0.617. The van der Waals surface area contributed by atoms with Gasteiger partial charge in [-0.15, -0.1) is 0 Å². The number of amides is 1. The Morgan fingerprint density at radius 1 is 1.42 bits per heavy atom. The fourth-order valence-electron chi connectivity index (χ4n) is 1.72. The van der Waals surface area contributed by atoms with Crippen LogP contribution in [-0.4, -0.2) is 17.7 Å². The number of carbonyl (C=O) groups excluding carboxylic acids is 1. The highest BCUT2D eigenvalue weighted by Gasteiger charge is 2.20. The van der Waals surface area contributed by atoms with Crippen LogP contribution in [0.5, 0.6) is 0 Å². The van der Waals surface area contributed by atoms with Gasteiger partial charge in [0.15, 0.2) is 0 Å². The van der Waals surface area contributed by atoms with E-state index in [-0.39, 0.29) is 5.91 Å². The minimum Gasteiger partial charge on any atom is -0.352 e. The van der Waals surface area contributed by atoms with Crippen LogP contribution in [-0.2, 0) is 0 Å². The minimum atomic E-state index is -0.499. The summed E-state index contributed by atoms with van der Waals surface area (Å²) in [5, 5.41) is 5.28. The molecule has 0 saturated carbocycles. The van der Waals surface area contributed by atoms with E-state index in [0.29, 0.717) is 17.8 Å². The molecule has 0 spiro atoms. The molecule has 19 heavy (non-hydrogen) atoms. The Morgan fingerprint density at radius 3 is 2.89 bits per heavy atom. The molecule has 1 aromatic carbocycles. The van der Waals surface area contributed by atoms with E-state index in [9.17, 15) is 9.59 Å². The second kappa shape index (κ2) is 5.99. The van der Waals surface area contributed by atoms with E-state index < -0.39 is 5.63 Å². The normalized spacial score (nSPS) is 10.4. The lowest BCUT2D eigenvalue weighted by atomic mass is 10.1. The number of hydrogen-bond donors (Lipinski definition) is 2. The van der Waals surface area contributed by atoms with Crippen molar-refractivity contribution in [1.29, 1.82) is 0 Å². The minimum absolute atomic E-state index is 0.168.